The van der Waals surface area contributed by atoms with Crippen molar-refractivity contribution >= 4 is 17.7 Å². The number of aromatic amines is 1. The number of rotatable bonds is 4. The molecule has 1 amide bonds. The maximum atomic E-state index is 11.2. The van der Waals surface area contributed by atoms with Crippen LogP contribution < -0.4 is 5.32 Å². The lowest BCUT2D eigenvalue weighted by atomic mass is 10.4. The first-order chi connectivity index (χ1) is 6.99. The van der Waals surface area contributed by atoms with Crippen LogP contribution in [0.3, 0.4) is 0 Å². The van der Waals surface area contributed by atoms with Gasteiger partial charge in [-0.1, -0.05) is 0 Å². The molecule has 0 bridgehead atoms. The first-order valence-corrected chi connectivity index (χ1v) is 4.22. The summed E-state index contributed by atoms with van der Waals surface area (Å²) >= 11 is 0. The van der Waals surface area contributed by atoms with E-state index in [0.717, 1.165) is 0 Å². The van der Waals surface area contributed by atoms with Crippen molar-refractivity contribution < 1.29 is 14.7 Å². The molecule has 0 atom stereocenters. The Kier molecular flexibility index (Phi) is 3.40. The van der Waals surface area contributed by atoms with Crippen LogP contribution in [0.5, 0.6) is 0 Å². The summed E-state index contributed by atoms with van der Waals surface area (Å²) in [6.07, 6.45) is 0. The summed E-state index contributed by atoms with van der Waals surface area (Å²) in [6, 6.07) is 1.26. The molecule has 7 nitrogen and oxygen atoms in total. The second-order valence-corrected chi connectivity index (χ2v) is 3.26. The second kappa shape index (κ2) is 4.56. The maximum Gasteiger partial charge on any atom is 0.353 e. The highest BCUT2D eigenvalue weighted by Gasteiger charge is 2.10. The van der Waals surface area contributed by atoms with Crippen LogP contribution in [0.1, 0.15) is 10.5 Å². The van der Waals surface area contributed by atoms with Crippen molar-refractivity contribution in [1.29, 1.82) is 0 Å². The number of nitrogens with one attached hydrogen (secondary N) is 2. The topological polar surface area (TPSA) is 98.3 Å². The number of amides is 1. The molecule has 0 saturated carbocycles. The number of anilines is 1. The number of nitrogens with zero attached hydrogens (tertiary/aromatic N) is 2. The lowest BCUT2D eigenvalue weighted by Crippen LogP contribution is -2.27. The van der Waals surface area contributed by atoms with Crippen molar-refractivity contribution in [3.05, 3.63) is 11.8 Å². The quantitative estimate of drug-likeness (QED) is 0.631. The van der Waals surface area contributed by atoms with Gasteiger partial charge in [-0.15, -0.1) is 0 Å². The zero-order chi connectivity index (χ0) is 11.4. The Morgan fingerprint density at radius 2 is 2.27 bits per heavy atom. The van der Waals surface area contributed by atoms with Crippen LogP contribution in [0.2, 0.25) is 0 Å². The molecule has 1 heterocycles. The van der Waals surface area contributed by atoms with Gasteiger partial charge in [0.15, 0.2) is 5.82 Å². The van der Waals surface area contributed by atoms with Gasteiger partial charge in [0.2, 0.25) is 5.91 Å². The van der Waals surface area contributed by atoms with E-state index in [9.17, 15) is 9.59 Å². The molecular weight excluding hydrogens is 200 g/mol. The molecule has 0 aliphatic carbocycles. The Hall–Kier alpha value is -1.89. The van der Waals surface area contributed by atoms with Gasteiger partial charge in [-0.2, -0.15) is 5.10 Å². The minimum absolute atomic E-state index is 0.0600. The van der Waals surface area contributed by atoms with Gasteiger partial charge >= 0.3 is 5.97 Å². The summed E-state index contributed by atoms with van der Waals surface area (Å²) in [4.78, 5) is 23.4. The van der Waals surface area contributed by atoms with Gasteiger partial charge in [0, 0.05) is 6.07 Å². The molecule has 82 valence electrons. The van der Waals surface area contributed by atoms with Crippen LogP contribution in [-0.2, 0) is 4.79 Å². The first kappa shape index (κ1) is 11.2. The van der Waals surface area contributed by atoms with Crippen LogP contribution in [0.4, 0.5) is 5.82 Å². The molecule has 0 unspecified atom stereocenters. The minimum atomic E-state index is -1.12. The summed E-state index contributed by atoms with van der Waals surface area (Å²) in [5, 5.41) is 17.0. The summed E-state index contributed by atoms with van der Waals surface area (Å²) in [5.41, 5.74) is -0.0600. The molecule has 0 aliphatic heterocycles. The first-order valence-electron chi connectivity index (χ1n) is 4.22. The number of carboxylic acid groups (broad SMARTS) is 1. The van der Waals surface area contributed by atoms with E-state index in [0.29, 0.717) is 0 Å². The maximum absolute atomic E-state index is 11.2. The minimum Gasteiger partial charge on any atom is -0.477 e. The van der Waals surface area contributed by atoms with E-state index in [1.807, 2.05) is 0 Å². The van der Waals surface area contributed by atoms with Crippen molar-refractivity contribution in [2.75, 3.05) is 26.0 Å². The smallest absolute Gasteiger partial charge is 0.353 e. The number of hydrogen-bond acceptors (Lipinski definition) is 4. The van der Waals surface area contributed by atoms with Crippen LogP contribution in [0.15, 0.2) is 6.07 Å². The normalized spacial score (nSPS) is 10.3. The van der Waals surface area contributed by atoms with E-state index in [1.165, 1.54) is 6.07 Å². The average molecular weight is 212 g/mol. The number of carboxylic acids is 1. The molecule has 1 rings (SSSR count). The van der Waals surface area contributed by atoms with Crippen molar-refractivity contribution in [2.45, 2.75) is 0 Å². The van der Waals surface area contributed by atoms with E-state index < -0.39 is 5.97 Å². The van der Waals surface area contributed by atoms with Crippen LogP contribution in [0, 0.1) is 0 Å². The molecular formula is C8H12N4O3. The second-order valence-electron chi connectivity index (χ2n) is 3.26. The number of hydrogen-bond donors (Lipinski definition) is 3. The summed E-state index contributed by atoms with van der Waals surface area (Å²) < 4.78 is 0. The third-order valence-corrected chi connectivity index (χ3v) is 1.54. The number of aromatic carboxylic acids is 1. The van der Waals surface area contributed by atoms with Crippen LogP contribution in [-0.4, -0.2) is 52.7 Å². The van der Waals surface area contributed by atoms with Crippen molar-refractivity contribution in [2.24, 2.45) is 0 Å². The highest BCUT2D eigenvalue weighted by molar-refractivity contribution is 5.93. The highest BCUT2D eigenvalue weighted by atomic mass is 16.4. The predicted molar refractivity (Wildman–Crippen MR) is 52.7 cm³/mol. The fraction of sp³-hybridized carbons (Fsp3) is 0.375. The van der Waals surface area contributed by atoms with Gasteiger partial charge in [0.05, 0.1) is 6.54 Å². The zero-order valence-corrected chi connectivity index (χ0v) is 8.44. The van der Waals surface area contributed by atoms with E-state index in [-0.39, 0.29) is 24.0 Å². The molecule has 1 aromatic heterocycles. The largest absolute Gasteiger partial charge is 0.477 e. The van der Waals surface area contributed by atoms with Gasteiger partial charge < -0.3 is 15.3 Å². The molecule has 0 spiro atoms. The van der Waals surface area contributed by atoms with Crippen molar-refractivity contribution in [1.82, 2.24) is 15.1 Å². The average Bonchev–Trinajstić information content (AvgIpc) is 2.50. The van der Waals surface area contributed by atoms with E-state index in [2.05, 4.69) is 15.5 Å². The molecule has 1 aromatic rings. The molecule has 0 aliphatic rings. The summed E-state index contributed by atoms with van der Waals surface area (Å²) in [6.45, 7) is 0.218. The SMILES string of the molecule is CN(C)CC(=O)Nc1cc(C(=O)O)[nH]n1. The number of likely N-dealkylation sites (N-methyl/N-ethyl adjacent to an activating group) is 1. The third kappa shape index (κ3) is 3.39. The number of carbonyl (C=O) groups excluding carboxylic acids is 1. The summed E-state index contributed by atoms with van der Waals surface area (Å²) in [7, 11) is 3.51. The Labute approximate surface area is 86.1 Å². The Morgan fingerprint density at radius 3 is 2.73 bits per heavy atom. The van der Waals surface area contributed by atoms with Crippen molar-refractivity contribution in [3.8, 4) is 0 Å². The highest BCUT2D eigenvalue weighted by Crippen LogP contribution is 2.04. The molecule has 0 saturated heterocycles. The van der Waals surface area contributed by atoms with Gasteiger partial charge in [0.25, 0.3) is 0 Å². The Morgan fingerprint density at radius 1 is 1.60 bits per heavy atom. The fourth-order valence-electron chi connectivity index (χ4n) is 0.965. The molecule has 0 radical (unpaired) electrons. The van der Waals surface area contributed by atoms with E-state index >= 15 is 0 Å². The molecule has 15 heavy (non-hydrogen) atoms. The predicted octanol–water partition coefficient (Wildman–Crippen LogP) is -0.392. The third-order valence-electron chi connectivity index (χ3n) is 1.54. The Balaban J connectivity index is 2.57. The zero-order valence-electron chi connectivity index (χ0n) is 8.44. The number of carbonyl (C=O) groups is 2. The van der Waals surface area contributed by atoms with Gasteiger partial charge in [0.1, 0.15) is 5.69 Å². The number of H-pyrrole nitrogens is 1. The van der Waals surface area contributed by atoms with Crippen LogP contribution in [0.25, 0.3) is 0 Å². The summed E-state index contributed by atoms with van der Waals surface area (Å²) in [5.74, 6) is -1.15. The van der Waals surface area contributed by atoms with Gasteiger partial charge in [-0.25, -0.2) is 4.79 Å². The monoisotopic (exact) mass is 212 g/mol. The fourth-order valence-corrected chi connectivity index (χ4v) is 0.965. The van der Waals surface area contributed by atoms with Gasteiger partial charge in [-0.05, 0) is 14.1 Å². The van der Waals surface area contributed by atoms with Gasteiger partial charge in [-0.3, -0.25) is 9.89 Å². The number of aromatic nitrogens is 2. The standard InChI is InChI=1S/C8H12N4O3/c1-12(2)4-7(13)9-6-3-5(8(14)15)10-11-6/h3H,4H2,1-2H3,(H,14,15)(H2,9,10,11,13). The lowest BCUT2D eigenvalue weighted by molar-refractivity contribution is -0.116. The molecule has 0 fully saturated rings. The van der Waals surface area contributed by atoms with E-state index in [1.54, 1.807) is 19.0 Å². The Bertz CT molecular complexity index is 372. The molecule has 3 N–H and O–H groups in total. The van der Waals surface area contributed by atoms with Crippen LogP contribution >= 0.6 is 0 Å². The van der Waals surface area contributed by atoms with Crippen molar-refractivity contribution in [3.63, 3.8) is 0 Å². The van der Waals surface area contributed by atoms with E-state index in [4.69, 9.17) is 5.11 Å². The molecule has 0 aromatic carbocycles. The lowest BCUT2D eigenvalue weighted by Gasteiger charge is -2.07. The molecule has 7 heteroatoms.